The first-order chi connectivity index (χ1) is 12.5. The van der Waals surface area contributed by atoms with Crippen LogP contribution < -0.4 is 10.1 Å². The summed E-state index contributed by atoms with van der Waals surface area (Å²) in [6, 6.07) is 6.36. The fourth-order valence-corrected chi connectivity index (χ4v) is 4.17. The molecule has 1 aliphatic carbocycles. The van der Waals surface area contributed by atoms with Crippen LogP contribution in [0.1, 0.15) is 43.7 Å². The van der Waals surface area contributed by atoms with Crippen molar-refractivity contribution in [2.75, 3.05) is 26.2 Å². The molecule has 1 heterocycles. The van der Waals surface area contributed by atoms with Gasteiger partial charge in [0, 0.05) is 37.8 Å². The molecule has 1 atom stereocenters. The third kappa shape index (κ3) is 6.12. The zero-order valence-electron chi connectivity index (χ0n) is 15.6. The van der Waals surface area contributed by atoms with Crippen LogP contribution in [0.2, 0.25) is 0 Å². The predicted molar refractivity (Wildman–Crippen MR) is 106 cm³/mol. The summed E-state index contributed by atoms with van der Waals surface area (Å²) in [6.45, 7) is 3.28. The average Bonchev–Trinajstić information content (AvgIpc) is 2.65. The minimum absolute atomic E-state index is 0. The molecule has 1 aromatic carbocycles. The molecule has 0 radical (unpaired) electrons. The normalized spacial score (nSPS) is 20.2. The number of nitrogens with zero attached hydrogens (tertiary/aromatic N) is 1. The number of piperazine rings is 1. The predicted octanol–water partition coefficient (Wildman–Crippen LogP) is 5.29. The Morgan fingerprint density at radius 2 is 1.61 bits per heavy atom. The van der Waals surface area contributed by atoms with Gasteiger partial charge in [-0.15, -0.1) is 24.8 Å². The van der Waals surface area contributed by atoms with E-state index in [1.54, 1.807) is 18.2 Å². The summed E-state index contributed by atoms with van der Waals surface area (Å²) in [4.78, 5) is 2.29. The number of hydrogen-bond acceptors (Lipinski definition) is 3. The van der Waals surface area contributed by atoms with E-state index >= 15 is 0 Å². The summed E-state index contributed by atoms with van der Waals surface area (Å²) in [6.07, 6.45) is -2.89. The quantitative estimate of drug-likeness (QED) is 0.600. The molecule has 162 valence electrons. The molecule has 1 saturated carbocycles. The molecule has 0 amide bonds. The number of halogens is 6. The fourth-order valence-electron chi connectivity index (χ4n) is 4.17. The molecule has 1 saturated heterocycles. The van der Waals surface area contributed by atoms with Gasteiger partial charge in [-0.2, -0.15) is 17.6 Å². The Morgan fingerprint density at radius 3 is 2.21 bits per heavy atom. The Bertz CT molecular complexity index is 565. The van der Waals surface area contributed by atoms with Crippen LogP contribution in [0, 0.1) is 5.92 Å². The SMILES string of the molecule is Cl.Cl.FC(F)C(F)(F)Oc1ccccc1[C@H](C1CCCCC1)N1CCNCC1. The third-order valence-corrected chi connectivity index (χ3v) is 5.38. The van der Waals surface area contributed by atoms with Gasteiger partial charge >= 0.3 is 12.5 Å². The highest BCUT2D eigenvalue weighted by Crippen LogP contribution is 2.43. The van der Waals surface area contributed by atoms with Gasteiger partial charge in [0.1, 0.15) is 5.75 Å². The van der Waals surface area contributed by atoms with Gasteiger partial charge in [-0.25, -0.2) is 0 Å². The molecule has 9 heteroatoms. The highest BCUT2D eigenvalue weighted by Gasteiger charge is 2.45. The van der Waals surface area contributed by atoms with Crippen molar-refractivity contribution in [3.8, 4) is 5.75 Å². The lowest BCUT2D eigenvalue weighted by atomic mass is 9.80. The third-order valence-electron chi connectivity index (χ3n) is 5.38. The van der Waals surface area contributed by atoms with Gasteiger partial charge in [-0.1, -0.05) is 37.5 Å². The van der Waals surface area contributed by atoms with Crippen LogP contribution in [0.4, 0.5) is 17.6 Å². The van der Waals surface area contributed by atoms with Gasteiger partial charge < -0.3 is 10.1 Å². The van der Waals surface area contributed by atoms with E-state index in [1.165, 1.54) is 12.5 Å². The second-order valence-corrected chi connectivity index (χ2v) is 7.13. The van der Waals surface area contributed by atoms with Crippen molar-refractivity contribution in [2.24, 2.45) is 5.92 Å². The van der Waals surface area contributed by atoms with Crippen LogP contribution >= 0.6 is 24.8 Å². The molecule has 3 nitrogen and oxygen atoms in total. The standard InChI is InChI=1S/C19H26F4N2O.2ClH/c20-18(21)19(22,23)26-16-9-5-4-8-15(16)17(14-6-2-1-3-7-14)25-12-10-24-11-13-25;;/h4-5,8-9,14,17-18,24H,1-3,6-7,10-13H2;2*1H/t17-;;/m0../s1. The summed E-state index contributed by atoms with van der Waals surface area (Å²) < 4.78 is 57.0. The topological polar surface area (TPSA) is 24.5 Å². The van der Waals surface area contributed by atoms with Crippen LogP contribution in [-0.4, -0.2) is 43.6 Å². The van der Waals surface area contributed by atoms with Crippen LogP contribution in [0.25, 0.3) is 0 Å². The molecule has 1 aliphatic heterocycles. The minimum Gasteiger partial charge on any atom is -0.428 e. The van der Waals surface area contributed by atoms with Crippen LogP contribution in [0.3, 0.4) is 0 Å². The van der Waals surface area contributed by atoms with E-state index in [4.69, 9.17) is 0 Å². The highest BCUT2D eigenvalue weighted by molar-refractivity contribution is 5.85. The van der Waals surface area contributed by atoms with E-state index in [0.717, 1.165) is 51.9 Å². The second-order valence-electron chi connectivity index (χ2n) is 7.13. The number of ether oxygens (including phenoxy) is 1. The van der Waals surface area contributed by atoms with Crippen LogP contribution in [0.5, 0.6) is 5.75 Å². The summed E-state index contributed by atoms with van der Waals surface area (Å²) in [5.41, 5.74) is 0.599. The van der Waals surface area contributed by atoms with Gasteiger partial charge in [0.05, 0.1) is 0 Å². The van der Waals surface area contributed by atoms with Crippen molar-refractivity contribution in [2.45, 2.75) is 50.7 Å². The van der Waals surface area contributed by atoms with Crippen molar-refractivity contribution >= 4 is 24.8 Å². The lowest BCUT2D eigenvalue weighted by molar-refractivity contribution is -0.253. The first kappa shape index (κ1) is 25.3. The molecule has 1 aromatic rings. The van der Waals surface area contributed by atoms with Gasteiger partial charge in [0.25, 0.3) is 0 Å². The number of alkyl halides is 4. The van der Waals surface area contributed by atoms with E-state index in [2.05, 4.69) is 15.0 Å². The Morgan fingerprint density at radius 1 is 1.00 bits per heavy atom. The van der Waals surface area contributed by atoms with Gasteiger partial charge in [-0.3, -0.25) is 4.90 Å². The van der Waals surface area contributed by atoms with Crippen LogP contribution in [0.15, 0.2) is 24.3 Å². The van der Waals surface area contributed by atoms with Crippen molar-refractivity contribution in [3.63, 3.8) is 0 Å². The van der Waals surface area contributed by atoms with E-state index < -0.39 is 12.5 Å². The maximum atomic E-state index is 13.6. The lowest BCUT2D eigenvalue weighted by Crippen LogP contribution is -2.47. The highest BCUT2D eigenvalue weighted by atomic mass is 35.5. The van der Waals surface area contributed by atoms with Crippen molar-refractivity contribution in [1.82, 2.24) is 10.2 Å². The van der Waals surface area contributed by atoms with Gasteiger partial charge in [0.15, 0.2) is 0 Å². The summed E-state index contributed by atoms with van der Waals surface area (Å²) in [5, 5.41) is 3.30. The molecule has 0 unspecified atom stereocenters. The molecule has 2 fully saturated rings. The molecule has 0 bridgehead atoms. The van der Waals surface area contributed by atoms with Crippen molar-refractivity contribution in [1.29, 1.82) is 0 Å². The lowest BCUT2D eigenvalue weighted by Gasteiger charge is -2.41. The maximum Gasteiger partial charge on any atom is 0.461 e. The number of nitrogens with one attached hydrogen (secondary N) is 1. The first-order valence-electron chi connectivity index (χ1n) is 9.37. The number of rotatable bonds is 6. The van der Waals surface area contributed by atoms with E-state index in [9.17, 15) is 17.6 Å². The molecule has 1 N–H and O–H groups in total. The zero-order valence-corrected chi connectivity index (χ0v) is 17.2. The molecular formula is C19H28Cl2F4N2O. The Kier molecular flexibility index (Phi) is 10.3. The molecular weight excluding hydrogens is 419 g/mol. The number of hydrogen-bond donors (Lipinski definition) is 1. The largest absolute Gasteiger partial charge is 0.461 e. The van der Waals surface area contributed by atoms with Gasteiger partial charge in [-0.05, 0) is 24.8 Å². The maximum absolute atomic E-state index is 13.6. The average molecular weight is 447 g/mol. The molecule has 0 aromatic heterocycles. The number of para-hydroxylation sites is 1. The fraction of sp³-hybridized carbons (Fsp3) is 0.684. The second kappa shape index (κ2) is 11.4. The monoisotopic (exact) mass is 446 g/mol. The summed E-state index contributed by atoms with van der Waals surface area (Å²) in [5.74, 6) is 0.193. The van der Waals surface area contributed by atoms with Crippen LogP contribution in [-0.2, 0) is 0 Å². The number of benzene rings is 1. The Balaban J connectivity index is 0.00000196. The summed E-state index contributed by atoms with van der Waals surface area (Å²) >= 11 is 0. The minimum atomic E-state index is -4.49. The van der Waals surface area contributed by atoms with E-state index in [1.807, 2.05) is 0 Å². The zero-order chi connectivity index (χ0) is 18.6. The molecule has 2 aliphatic rings. The van der Waals surface area contributed by atoms with Crippen molar-refractivity contribution < 1.29 is 22.3 Å². The van der Waals surface area contributed by atoms with Gasteiger partial charge in [0.2, 0.25) is 0 Å². The van der Waals surface area contributed by atoms with E-state index in [-0.39, 0.29) is 36.6 Å². The Hall–Kier alpha value is -0.760. The smallest absolute Gasteiger partial charge is 0.428 e. The summed E-state index contributed by atoms with van der Waals surface area (Å²) in [7, 11) is 0. The Labute approximate surface area is 176 Å². The van der Waals surface area contributed by atoms with E-state index in [0.29, 0.717) is 11.5 Å². The first-order valence-corrected chi connectivity index (χ1v) is 9.37. The molecule has 3 rings (SSSR count). The molecule has 28 heavy (non-hydrogen) atoms. The molecule has 0 spiro atoms. The van der Waals surface area contributed by atoms with Crippen molar-refractivity contribution in [3.05, 3.63) is 29.8 Å².